The van der Waals surface area contributed by atoms with Gasteiger partial charge >= 0.3 is 0 Å². The molecule has 0 aliphatic heterocycles. The summed E-state index contributed by atoms with van der Waals surface area (Å²) in [5.74, 6) is 0.193. The Morgan fingerprint density at radius 3 is 1.70 bits per heavy atom. The average Bonchev–Trinajstić information content (AvgIpc) is 2.67. The summed E-state index contributed by atoms with van der Waals surface area (Å²) in [4.78, 5) is 11.6. The summed E-state index contributed by atoms with van der Waals surface area (Å²) >= 11 is 0. The summed E-state index contributed by atoms with van der Waals surface area (Å²) in [5.41, 5.74) is 0. The van der Waals surface area contributed by atoms with Crippen LogP contribution in [0.1, 0.15) is 84.5 Å². The maximum absolute atomic E-state index is 11.6. The van der Waals surface area contributed by atoms with Gasteiger partial charge in [0.2, 0.25) is 5.91 Å². The minimum Gasteiger partial charge on any atom is -0.356 e. The molecule has 0 aliphatic carbocycles. The van der Waals surface area contributed by atoms with Gasteiger partial charge in [0.25, 0.3) is 0 Å². The number of hydrogen-bond donors (Lipinski definition) is 1. The molecule has 0 saturated heterocycles. The molecule has 0 unspecified atom stereocenters. The van der Waals surface area contributed by atoms with Crippen molar-refractivity contribution in [3.05, 3.63) is 60.8 Å². The van der Waals surface area contributed by atoms with Crippen LogP contribution < -0.4 is 5.32 Å². The fourth-order valence-corrected chi connectivity index (χ4v) is 2.44. The molecule has 0 radical (unpaired) electrons. The topological polar surface area (TPSA) is 29.1 Å². The summed E-state index contributed by atoms with van der Waals surface area (Å²) in [5, 5.41) is 2.98. The predicted molar refractivity (Wildman–Crippen MR) is 121 cm³/mol. The SMILES string of the molecule is CC/C=C\C/C=C\C/C=C\C/C=C\C/C=C\CCCC(=O)NCCCCC. The van der Waals surface area contributed by atoms with Crippen LogP contribution in [0.2, 0.25) is 0 Å². The smallest absolute Gasteiger partial charge is 0.220 e. The van der Waals surface area contributed by atoms with Crippen LogP contribution in [0.4, 0.5) is 0 Å². The van der Waals surface area contributed by atoms with Crippen molar-refractivity contribution < 1.29 is 4.79 Å². The molecule has 0 atom stereocenters. The van der Waals surface area contributed by atoms with Gasteiger partial charge in [-0.3, -0.25) is 4.79 Å². The lowest BCUT2D eigenvalue weighted by Crippen LogP contribution is -2.23. The fraction of sp³-hybridized carbons (Fsp3) is 0.560. The lowest BCUT2D eigenvalue weighted by Gasteiger charge is -2.03. The van der Waals surface area contributed by atoms with E-state index in [1.165, 1.54) is 12.8 Å². The molecule has 0 saturated carbocycles. The molecule has 2 heteroatoms. The average molecular weight is 372 g/mol. The molecule has 1 amide bonds. The molecule has 0 aromatic carbocycles. The van der Waals surface area contributed by atoms with Gasteiger partial charge < -0.3 is 5.32 Å². The van der Waals surface area contributed by atoms with Crippen molar-refractivity contribution >= 4 is 5.91 Å². The largest absolute Gasteiger partial charge is 0.356 e. The number of nitrogens with one attached hydrogen (secondary N) is 1. The zero-order valence-corrected chi connectivity index (χ0v) is 17.7. The first-order chi connectivity index (χ1) is 13.3. The van der Waals surface area contributed by atoms with Gasteiger partial charge in [0.05, 0.1) is 0 Å². The van der Waals surface area contributed by atoms with Crippen LogP contribution >= 0.6 is 0 Å². The van der Waals surface area contributed by atoms with E-state index in [4.69, 9.17) is 0 Å². The second-order valence-corrected chi connectivity index (χ2v) is 6.66. The Morgan fingerprint density at radius 2 is 1.19 bits per heavy atom. The fourth-order valence-electron chi connectivity index (χ4n) is 2.44. The molecule has 0 aromatic heterocycles. The number of hydrogen-bond acceptors (Lipinski definition) is 1. The van der Waals surface area contributed by atoms with Gasteiger partial charge in [-0.05, 0) is 51.4 Å². The van der Waals surface area contributed by atoms with Gasteiger partial charge in [-0.15, -0.1) is 0 Å². The predicted octanol–water partition coefficient (Wildman–Crippen LogP) is 7.21. The van der Waals surface area contributed by atoms with Crippen molar-refractivity contribution in [1.29, 1.82) is 0 Å². The molecular formula is C25H41NO. The first-order valence-electron chi connectivity index (χ1n) is 10.8. The minimum absolute atomic E-state index is 0.193. The van der Waals surface area contributed by atoms with Crippen LogP contribution in [0.5, 0.6) is 0 Å². The van der Waals surface area contributed by atoms with Gasteiger partial charge in [-0.25, -0.2) is 0 Å². The summed E-state index contributed by atoms with van der Waals surface area (Å²) in [7, 11) is 0. The van der Waals surface area contributed by atoms with Crippen LogP contribution in [-0.4, -0.2) is 12.5 Å². The molecule has 0 spiro atoms. The van der Waals surface area contributed by atoms with Gasteiger partial charge in [-0.2, -0.15) is 0 Å². The van der Waals surface area contributed by atoms with E-state index in [2.05, 4.69) is 79.9 Å². The number of carbonyl (C=O) groups is 1. The Hall–Kier alpha value is -1.83. The first kappa shape index (κ1) is 25.2. The monoisotopic (exact) mass is 371 g/mol. The van der Waals surface area contributed by atoms with Crippen LogP contribution in [0.3, 0.4) is 0 Å². The highest BCUT2D eigenvalue weighted by Crippen LogP contribution is 2.00. The molecule has 0 heterocycles. The molecule has 152 valence electrons. The standard InChI is InChI=1S/C25H41NO/c1-3-5-7-8-9-10-11-12-13-14-15-16-17-18-19-20-21-23-25(27)26-24-22-6-4-2/h5,7,9-10,12-13,15-16,18-19H,3-4,6,8,11,14,17,20-24H2,1-2H3,(H,26,27)/b7-5-,10-9-,13-12-,16-15-,19-18-. The van der Waals surface area contributed by atoms with Crippen LogP contribution in [-0.2, 0) is 4.79 Å². The second kappa shape index (κ2) is 22.2. The number of carbonyl (C=O) groups excluding carboxylic acids is 1. The third kappa shape index (κ3) is 22.1. The summed E-state index contributed by atoms with van der Waals surface area (Å²) < 4.78 is 0. The number of allylic oxidation sites excluding steroid dienone is 10. The molecule has 2 nitrogen and oxygen atoms in total. The Morgan fingerprint density at radius 1 is 0.667 bits per heavy atom. The van der Waals surface area contributed by atoms with E-state index in [9.17, 15) is 4.79 Å². The highest BCUT2D eigenvalue weighted by atomic mass is 16.1. The van der Waals surface area contributed by atoms with E-state index < -0.39 is 0 Å². The highest BCUT2D eigenvalue weighted by molar-refractivity contribution is 5.75. The van der Waals surface area contributed by atoms with E-state index in [1.807, 2.05) is 0 Å². The molecule has 0 aromatic rings. The third-order valence-electron chi connectivity index (χ3n) is 4.03. The normalized spacial score (nSPS) is 12.5. The van der Waals surface area contributed by atoms with Crippen LogP contribution in [0, 0.1) is 0 Å². The maximum Gasteiger partial charge on any atom is 0.220 e. The molecule has 1 N–H and O–H groups in total. The highest BCUT2D eigenvalue weighted by Gasteiger charge is 1.98. The van der Waals surface area contributed by atoms with E-state index in [-0.39, 0.29) is 5.91 Å². The summed E-state index contributed by atoms with van der Waals surface area (Å²) in [6.45, 7) is 5.16. The first-order valence-corrected chi connectivity index (χ1v) is 10.8. The van der Waals surface area contributed by atoms with Crippen molar-refractivity contribution in [2.45, 2.75) is 84.5 Å². The molecule has 27 heavy (non-hydrogen) atoms. The zero-order valence-electron chi connectivity index (χ0n) is 17.7. The Bertz CT molecular complexity index is 469. The minimum atomic E-state index is 0.193. The Labute approximate surface area is 168 Å². The van der Waals surface area contributed by atoms with Crippen LogP contribution in [0.25, 0.3) is 0 Å². The Balaban J connectivity index is 3.48. The third-order valence-corrected chi connectivity index (χ3v) is 4.03. The van der Waals surface area contributed by atoms with Crippen molar-refractivity contribution in [3.8, 4) is 0 Å². The lowest BCUT2D eigenvalue weighted by atomic mass is 10.2. The van der Waals surface area contributed by atoms with E-state index in [1.54, 1.807) is 0 Å². The van der Waals surface area contributed by atoms with Gasteiger partial charge in [0, 0.05) is 13.0 Å². The van der Waals surface area contributed by atoms with Crippen molar-refractivity contribution in [2.24, 2.45) is 0 Å². The number of amides is 1. The molecule has 0 fully saturated rings. The number of unbranched alkanes of at least 4 members (excludes halogenated alkanes) is 3. The maximum atomic E-state index is 11.6. The Kier molecular flexibility index (Phi) is 20.7. The van der Waals surface area contributed by atoms with Crippen molar-refractivity contribution in [1.82, 2.24) is 5.32 Å². The van der Waals surface area contributed by atoms with Crippen molar-refractivity contribution in [2.75, 3.05) is 6.54 Å². The van der Waals surface area contributed by atoms with Crippen LogP contribution in [0.15, 0.2) is 60.8 Å². The number of rotatable bonds is 17. The van der Waals surface area contributed by atoms with Gasteiger partial charge in [0.15, 0.2) is 0 Å². The van der Waals surface area contributed by atoms with Gasteiger partial charge in [0.1, 0.15) is 0 Å². The van der Waals surface area contributed by atoms with Crippen molar-refractivity contribution in [3.63, 3.8) is 0 Å². The molecule has 0 bridgehead atoms. The van der Waals surface area contributed by atoms with E-state index >= 15 is 0 Å². The van der Waals surface area contributed by atoms with Gasteiger partial charge in [-0.1, -0.05) is 87.4 Å². The second-order valence-electron chi connectivity index (χ2n) is 6.66. The van der Waals surface area contributed by atoms with E-state index in [0.717, 1.165) is 57.9 Å². The quantitative estimate of drug-likeness (QED) is 0.212. The van der Waals surface area contributed by atoms with E-state index in [0.29, 0.717) is 6.42 Å². The molecule has 0 rings (SSSR count). The summed E-state index contributed by atoms with van der Waals surface area (Å²) in [6, 6.07) is 0. The summed E-state index contributed by atoms with van der Waals surface area (Å²) in [6.07, 6.45) is 33.2. The molecule has 0 aliphatic rings. The lowest BCUT2D eigenvalue weighted by molar-refractivity contribution is -0.121. The zero-order chi connectivity index (χ0) is 19.8. The molecular weight excluding hydrogens is 330 g/mol.